The minimum absolute atomic E-state index is 0.0678. The van der Waals surface area contributed by atoms with Crippen molar-refractivity contribution in [2.75, 3.05) is 7.11 Å². The number of Topliss-reactive ketones (excluding diaryl/α,β-unsaturated/α-hetero) is 1. The molecule has 0 aliphatic carbocycles. The van der Waals surface area contributed by atoms with Crippen LogP contribution in [0.1, 0.15) is 28.1 Å². The average Bonchev–Trinajstić information content (AvgIpc) is 3.24. The van der Waals surface area contributed by atoms with E-state index in [0.717, 1.165) is 26.1 Å². The number of primary amides is 1. The summed E-state index contributed by atoms with van der Waals surface area (Å²) in [6.07, 6.45) is 0.340. The second-order valence-corrected chi connectivity index (χ2v) is 7.71. The number of thiophene rings is 2. The van der Waals surface area contributed by atoms with Crippen molar-refractivity contribution in [2.45, 2.75) is 19.3 Å². The monoisotopic (exact) mass is 387 g/mol. The van der Waals surface area contributed by atoms with E-state index in [2.05, 4.69) is 4.74 Å². The summed E-state index contributed by atoms with van der Waals surface area (Å²) in [6.45, 7) is 0. The van der Waals surface area contributed by atoms with Crippen molar-refractivity contribution in [3.05, 3.63) is 46.2 Å². The number of fused-ring (bicyclic) bond motifs is 1. The number of ether oxygens (including phenoxy) is 1. The van der Waals surface area contributed by atoms with E-state index >= 15 is 0 Å². The fourth-order valence-electron chi connectivity index (χ4n) is 2.72. The van der Waals surface area contributed by atoms with Crippen molar-refractivity contribution in [3.8, 4) is 10.4 Å². The third kappa shape index (κ3) is 3.84. The molecule has 7 heteroatoms. The van der Waals surface area contributed by atoms with E-state index in [4.69, 9.17) is 5.73 Å². The van der Waals surface area contributed by atoms with Gasteiger partial charge in [0.2, 0.25) is 5.91 Å². The van der Waals surface area contributed by atoms with Gasteiger partial charge in [0.05, 0.1) is 24.8 Å². The van der Waals surface area contributed by atoms with Gasteiger partial charge >= 0.3 is 5.97 Å². The number of esters is 1. The molecule has 0 bridgehead atoms. The summed E-state index contributed by atoms with van der Waals surface area (Å²) in [7, 11) is 1.30. The molecule has 26 heavy (non-hydrogen) atoms. The number of carbonyl (C=O) groups is 3. The molecule has 2 N–H and O–H groups in total. The number of rotatable bonds is 7. The minimum Gasteiger partial charge on any atom is -0.469 e. The SMILES string of the molecule is COC(=O)CCC(=O)c1cc(-c2sc3ccccc3c2CC(N)=O)cs1. The van der Waals surface area contributed by atoms with Crippen LogP contribution in [0.4, 0.5) is 0 Å². The second-order valence-electron chi connectivity index (χ2n) is 5.75. The highest BCUT2D eigenvalue weighted by Gasteiger charge is 2.18. The molecule has 0 unspecified atom stereocenters. The van der Waals surface area contributed by atoms with Crippen molar-refractivity contribution in [3.63, 3.8) is 0 Å². The number of ketones is 1. The third-order valence-electron chi connectivity index (χ3n) is 3.97. The highest BCUT2D eigenvalue weighted by molar-refractivity contribution is 7.23. The highest BCUT2D eigenvalue weighted by atomic mass is 32.1. The van der Waals surface area contributed by atoms with Gasteiger partial charge in [-0.25, -0.2) is 0 Å². The molecule has 0 fully saturated rings. The molecule has 0 saturated carbocycles. The zero-order valence-electron chi connectivity index (χ0n) is 14.1. The van der Waals surface area contributed by atoms with Gasteiger partial charge in [0.1, 0.15) is 0 Å². The van der Waals surface area contributed by atoms with E-state index < -0.39 is 5.97 Å². The maximum Gasteiger partial charge on any atom is 0.305 e. The van der Waals surface area contributed by atoms with E-state index in [0.29, 0.717) is 4.88 Å². The molecule has 0 atom stereocenters. The molecule has 134 valence electrons. The molecule has 1 amide bonds. The number of hydrogen-bond donors (Lipinski definition) is 1. The van der Waals surface area contributed by atoms with E-state index in [-0.39, 0.29) is 31.0 Å². The van der Waals surface area contributed by atoms with Crippen LogP contribution in [0.15, 0.2) is 35.7 Å². The number of nitrogens with two attached hydrogens (primary N) is 1. The number of hydrogen-bond acceptors (Lipinski definition) is 6. The first-order valence-electron chi connectivity index (χ1n) is 7.97. The van der Waals surface area contributed by atoms with E-state index in [1.165, 1.54) is 18.4 Å². The van der Waals surface area contributed by atoms with Gasteiger partial charge in [-0.05, 0) is 23.1 Å². The van der Waals surface area contributed by atoms with Crippen molar-refractivity contribution in [1.29, 1.82) is 0 Å². The molecule has 0 radical (unpaired) electrons. The molecule has 3 rings (SSSR count). The summed E-state index contributed by atoms with van der Waals surface area (Å²) < 4.78 is 5.64. The second kappa shape index (κ2) is 7.80. The summed E-state index contributed by atoms with van der Waals surface area (Å²) in [5.41, 5.74) is 7.22. The Morgan fingerprint density at radius 1 is 1.15 bits per heavy atom. The normalized spacial score (nSPS) is 10.8. The largest absolute Gasteiger partial charge is 0.469 e. The predicted molar refractivity (Wildman–Crippen MR) is 104 cm³/mol. The van der Waals surface area contributed by atoms with Gasteiger partial charge in [0, 0.05) is 26.9 Å². The van der Waals surface area contributed by atoms with Gasteiger partial charge in [-0.15, -0.1) is 22.7 Å². The van der Waals surface area contributed by atoms with Crippen molar-refractivity contribution in [1.82, 2.24) is 0 Å². The molecule has 0 aliphatic rings. The molecule has 3 aromatic rings. The van der Waals surface area contributed by atoms with E-state index in [1.54, 1.807) is 11.3 Å². The molecular weight excluding hydrogens is 370 g/mol. The summed E-state index contributed by atoms with van der Waals surface area (Å²) in [5, 5.41) is 2.91. The maximum atomic E-state index is 12.3. The van der Waals surface area contributed by atoms with Gasteiger partial charge < -0.3 is 10.5 Å². The van der Waals surface area contributed by atoms with Crippen molar-refractivity contribution < 1.29 is 19.1 Å². The Kier molecular flexibility index (Phi) is 5.49. The number of carbonyl (C=O) groups excluding carboxylic acids is 3. The van der Waals surface area contributed by atoms with Crippen LogP contribution in [0.5, 0.6) is 0 Å². The van der Waals surface area contributed by atoms with Crippen molar-refractivity contribution >= 4 is 50.4 Å². The first-order chi connectivity index (χ1) is 12.5. The van der Waals surface area contributed by atoms with Gasteiger partial charge in [0.15, 0.2) is 5.78 Å². The van der Waals surface area contributed by atoms with E-state index in [9.17, 15) is 14.4 Å². The van der Waals surface area contributed by atoms with Crippen LogP contribution in [-0.4, -0.2) is 24.8 Å². The quantitative estimate of drug-likeness (QED) is 0.493. The molecule has 5 nitrogen and oxygen atoms in total. The van der Waals surface area contributed by atoms with Crippen molar-refractivity contribution in [2.24, 2.45) is 5.73 Å². The summed E-state index contributed by atoms with van der Waals surface area (Å²) in [4.78, 5) is 36.5. The molecule has 0 aliphatic heterocycles. The number of amides is 1. The summed E-state index contributed by atoms with van der Waals surface area (Å²) >= 11 is 2.92. The first-order valence-corrected chi connectivity index (χ1v) is 9.67. The number of methoxy groups -OCH3 is 1. The van der Waals surface area contributed by atoms with E-state index in [1.807, 2.05) is 35.7 Å². The average molecular weight is 387 g/mol. The Hall–Kier alpha value is -2.51. The topological polar surface area (TPSA) is 86.5 Å². The molecular formula is C19H17NO4S2. The van der Waals surface area contributed by atoms with Crippen LogP contribution in [-0.2, 0) is 20.7 Å². The van der Waals surface area contributed by atoms with Crippen LogP contribution >= 0.6 is 22.7 Å². The Morgan fingerprint density at radius 2 is 1.92 bits per heavy atom. The molecule has 0 spiro atoms. The summed E-state index contributed by atoms with van der Waals surface area (Å²) in [5.74, 6) is -0.882. The molecule has 2 heterocycles. The molecule has 1 aromatic carbocycles. The fourth-order valence-corrected chi connectivity index (χ4v) is 4.88. The van der Waals surface area contributed by atoms with Gasteiger partial charge in [-0.3, -0.25) is 14.4 Å². The fraction of sp³-hybridized carbons (Fsp3) is 0.211. The Morgan fingerprint density at radius 3 is 2.65 bits per heavy atom. The standard InChI is InChI=1S/C19H17NO4S2/c1-24-18(23)7-6-14(21)16-8-11(10-25-16)19-13(9-17(20)22)12-4-2-3-5-15(12)26-19/h2-5,8,10H,6-7,9H2,1H3,(H2,20,22). The van der Waals surface area contributed by atoms with Gasteiger partial charge in [-0.2, -0.15) is 0 Å². The van der Waals surface area contributed by atoms with Crippen LogP contribution in [0.3, 0.4) is 0 Å². The number of benzene rings is 1. The van der Waals surface area contributed by atoms with Gasteiger partial charge in [0.25, 0.3) is 0 Å². The first kappa shape index (κ1) is 18.3. The molecule has 2 aromatic heterocycles. The predicted octanol–water partition coefficient (Wildman–Crippen LogP) is 3.79. The van der Waals surface area contributed by atoms with Crippen LogP contribution in [0.25, 0.3) is 20.5 Å². The zero-order chi connectivity index (χ0) is 18.7. The lowest BCUT2D eigenvalue weighted by atomic mass is 10.0. The lowest BCUT2D eigenvalue weighted by molar-refractivity contribution is -0.140. The maximum absolute atomic E-state index is 12.3. The lowest BCUT2D eigenvalue weighted by Crippen LogP contribution is -2.13. The van der Waals surface area contributed by atoms with Gasteiger partial charge in [-0.1, -0.05) is 18.2 Å². The lowest BCUT2D eigenvalue weighted by Gasteiger charge is -2.01. The van der Waals surface area contributed by atoms with Crippen LogP contribution < -0.4 is 5.73 Å². The Balaban J connectivity index is 1.92. The molecule has 0 saturated heterocycles. The van der Waals surface area contributed by atoms with Crippen LogP contribution in [0, 0.1) is 0 Å². The third-order valence-corrected chi connectivity index (χ3v) is 6.20. The highest BCUT2D eigenvalue weighted by Crippen LogP contribution is 2.40. The zero-order valence-corrected chi connectivity index (χ0v) is 15.7. The van der Waals surface area contributed by atoms with Crippen LogP contribution in [0.2, 0.25) is 0 Å². The Bertz CT molecular complexity index is 987. The minimum atomic E-state index is -0.400. The summed E-state index contributed by atoms with van der Waals surface area (Å²) in [6, 6.07) is 9.68. The smallest absolute Gasteiger partial charge is 0.305 e. The Labute approximate surface area is 158 Å².